The number of alkyl halides is 1. The minimum absolute atomic E-state index is 0.692. The molecule has 0 unspecified atom stereocenters. The minimum Gasteiger partial charge on any atom is -0.312 e. The summed E-state index contributed by atoms with van der Waals surface area (Å²) >= 11 is 5.39. The Hall–Kier alpha value is -0.0100. The summed E-state index contributed by atoms with van der Waals surface area (Å²) in [6.45, 7) is 3.83. The van der Waals surface area contributed by atoms with E-state index in [0.717, 1.165) is 13.1 Å². The van der Waals surface area contributed by atoms with Crippen LogP contribution in [0.25, 0.3) is 0 Å². The largest absolute Gasteiger partial charge is 0.312 e. The van der Waals surface area contributed by atoms with E-state index in [1.807, 2.05) is 13.0 Å². The molecule has 0 atom stereocenters. The molecule has 0 saturated heterocycles. The zero-order valence-corrected chi connectivity index (χ0v) is 5.91. The Morgan fingerprint density at radius 3 is 2.88 bits per heavy atom. The lowest BCUT2D eigenvalue weighted by Crippen LogP contribution is -2.15. The first kappa shape index (κ1) is 7.99. The van der Waals surface area contributed by atoms with Crippen molar-refractivity contribution in [1.82, 2.24) is 5.32 Å². The summed E-state index contributed by atoms with van der Waals surface area (Å²) in [5, 5.41) is 3.12. The maximum atomic E-state index is 5.39. The predicted octanol–water partition coefficient (Wildman–Crippen LogP) is 1.39. The normalized spacial score (nSPS) is 10.8. The smallest absolute Gasteiger partial charge is 0.0348 e. The van der Waals surface area contributed by atoms with Crippen LogP contribution in [0.15, 0.2) is 12.2 Å². The quantitative estimate of drug-likeness (QED) is 0.347. The van der Waals surface area contributed by atoms with Crippen LogP contribution in [0.5, 0.6) is 0 Å². The molecule has 2 heteroatoms. The topological polar surface area (TPSA) is 12.0 Å². The second kappa shape index (κ2) is 6.99. The van der Waals surface area contributed by atoms with Crippen molar-refractivity contribution in [3.63, 3.8) is 0 Å². The summed E-state index contributed by atoms with van der Waals surface area (Å²) < 4.78 is 0. The van der Waals surface area contributed by atoms with E-state index < -0.39 is 0 Å². The molecule has 0 heterocycles. The van der Waals surface area contributed by atoms with Crippen LogP contribution >= 0.6 is 11.6 Å². The lowest BCUT2D eigenvalue weighted by Gasteiger charge is -1.92. The molecule has 0 amide bonds. The second-order valence-electron chi connectivity index (χ2n) is 1.46. The Labute approximate surface area is 55.7 Å². The first-order chi connectivity index (χ1) is 3.91. The highest BCUT2D eigenvalue weighted by Gasteiger charge is 1.76. The highest BCUT2D eigenvalue weighted by atomic mass is 35.5. The summed E-state index contributed by atoms with van der Waals surface area (Å²) in [6.07, 6.45) is 4.08. The van der Waals surface area contributed by atoms with Gasteiger partial charge >= 0.3 is 0 Å². The zero-order valence-electron chi connectivity index (χ0n) is 5.15. The highest BCUT2D eigenvalue weighted by Crippen LogP contribution is 1.70. The van der Waals surface area contributed by atoms with Crippen LogP contribution in [0.1, 0.15) is 6.92 Å². The van der Waals surface area contributed by atoms with E-state index in [1.54, 1.807) is 0 Å². The Balaban J connectivity index is 2.72. The molecule has 0 aliphatic carbocycles. The molecule has 0 aromatic heterocycles. The standard InChI is InChI=1S/C6H12ClN/c1-2-3-5-8-6-4-7/h2-3,8H,4-6H2,1H3/b3-2+. The van der Waals surface area contributed by atoms with E-state index in [-0.39, 0.29) is 0 Å². The lowest BCUT2D eigenvalue weighted by atomic mass is 10.5. The number of hydrogen-bond donors (Lipinski definition) is 1. The molecule has 0 spiro atoms. The van der Waals surface area contributed by atoms with Crippen LogP contribution in [0.2, 0.25) is 0 Å². The van der Waals surface area contributed by atoms with Crippen molar-refractivity contribution < 1.29 is 0 Å². The van der Waals surface area contributed by atoms with Crippen molar-refractivity contribution >= 4 is 11.6 Å². The minimum atomic E-state index is 0.692. The van der Waals surface area contributed by atoms with Gasteiger partial charge < -0.3 is 5.32 Å². The monoisotopic (exact) mass is 133 g/mol. The van der Waals surface area contributed by atoms with Gasteiger partial charge in [0.05, 0.1) is 0 Å². The molecule has 0 bridgehead atoms. The molecule has 0 aromatic rings. The fourth-order valence-corrected chi connectivity index (χ4v) is 0.504. The highest BCUT2D eigenvalue weighted by molar-refractivity contribution is 6.18. The van der Waals surface area contributed by atoms with Crippen LogP contribution < -0.4 is 5.32 Å². The fourth-order valence-electron chi connectivity index (χ4n) is 0.370. The van der Waals surface area contributed by atoms with Gasteiger partial charge in [0, 0.05) is 19.0 Å². The molecule has 0 fully saturated rings. The van der Waals surface area contributed by atoms with Crippen molar-refractivity contribution in [1.29, 1.82) is 0 Å². The van der Waals surface area contributed by atoms with E-state index in [1.165, 1.54) is 0 Å². The van der Waals surface area contributed by atoms with Crippen molar-refractivity contribution in [2.45, 2.75) is 6.92 Å². The number of hydrogen-bond acceptors (Lipinski definition) is 1. The molecule has 0 aliphatic rings. The Morgan fingerprint density at radius 2 is 2.38 bits per heavy atom. The van der Waals surface area contributed by atoms with Crippen LogP contribution in [0.3, 0.4) is 0 Å². The second-order valence-corrected chi connectivity index (χ2v) is 1.84. The Kier molecular flexibility index (Phi) is 6.98. The van der Waals surface area contributed by atoms with Gasteiger partial charge in [0.1, 0.15) is 0 Å². The number of halogens is 1. The molecule has 0 aromatic carbocycles. The van der Waals surface area contributed by atoms with E-state index in [2.05, 4.69) is 11.4 Å². The molecule has 1 N–H and O–H groups in total. The van der Waals surface area contributed by atoms with Gasteiger partial charge in [-0.1, -0.05) is 12.2 Å². The summed E-state index contributed by atoms with van der Waals surface area (Å²) in [5.74, 6) is 0.692. The van der Waals surface area contributed by atoms with E-state index in [4.69, 9.17) is 11.6 Å². The van der Waals surface area contributed by atoms with Crippen LogP contribution in [-0.4, -0.2) is 19.0 Å². The van der Waals surface area contributed by atoms with Gasteiger partial charge in [-0.05, 0) is 6.92 Å². The molecular formula is C6H12ClN. The molecule has 48 valence electrons. The average Bonchev–Trinajstić information content (AvgIpc) is 1.81. The van der Waals surface area contributed by atoms with Crippen molar-refractivity contribution in [3.8, 4) is 0 Å². The summed E-state index contributed by atoms with van der Waals surface area (Å²) in [4.78, 5) is 0. The summed E-state index contributed by atoms with van der Waals surface area (Å²) in [6, 6.07) is 0. The van der Waals surface area contributed by atoms with Gasteiger partial charge in [0.2, 0.25) is 0 Å². The SMILES string of the molecule is C/C=C/CNCCCl. The lowest BCUT2D eigenvalue weighted by molar-refractivity contribution is 0.803. The number of nitrogens with one attached hydrogen (secondary N) is 1. The van der Waals surface area contributed by atoms with E-state index in [0.29, 0.717) is 5.88 Å². The third-order valence-electron chi connectivity index (χ3n) is 0.769. The third-order valence-corrected chi connectivity index (χ3v) is 0.958. The number of rotatable bonds is 4. The molecule has 0 saturated carbocycles. The first-order valence-corrected chi connectivity index (χ1v) is 3.33. The van der Waals surface area contributed by atoms with Gasteiger partial charge in [0.15, 0.2) is 0 Å². The van der Waals surface area contributed by atoms with Gasteiger partial charge in [-0.15, -0.1) is 11.6 Å². The molecule has 0 radical (unpaired) electrons. The molecular weight excluding hydrogens is 122 g/mol. The van der Waals surface area contributed by atoms with Crippen LogP contribution in [-0.2, 0) is 0 Å². The number of allylic oxidation sites excluding steroid dienone is 1. The fraction of sp³-hybridized carbons (Fsp3) is 0.667. The molecule has 8 heavy (non-hydrogen) atoms. The van der Waals surface area contributed by atoms with Crippen molar-refractivity contribution in [2.24, 2.45) is 0 Å². The maximum Gasteiger partial charge on any atom is 0.0348 e. The zero-order chi connectivity index (χ0) is 6.24. The van der Waals surface area contributed by atoms with E-state index in [9.17, 15) is 0 Å². The summed E-state index contributed by atoms with van der Waals surface area (Å²) in [5.41, 5.74) is 0. The van der Waals surface area contributed by atoms with E-state index >= 15 is 0 Å². The Bertz CT molecular complexity index is 61.5. The van der Waals surface area contributed by atoms with Gasteiger partial charge in [-0.25, -0.2) is 0 Å². The van der Waals surface area contributed by atoms with Crippen molar-refractivity contribution in [3.05, 3.63) is 12.2 Å². The van der Waals surface area contributed by atoms with Crippen LogP contribution in [0, 0.1) is 0 Å². The summed E-state index contributed by atoms with van der Waals surface area (Å²) in [7, 11) is 0. The molecule has 0 aliphatic heterocycles. The Morgan fingerprint density at radius 1 is 1.62 bits per heavy atom. The van der Waals surface area contributed by atoms with Gasteiger partial charge in [0.25, 0.3) is 0 Å². The molecule has 0 rings (SSSR count). The first-order valence-electron chi connectivity index (χ1n) is 2.79. The van der Waals surface area contributed by atoms with Crippen molar-refractivity contribution in [2.75, 3.05) is 19.0 Å². The maximum absolute atomic E-state index is 5.39. The predicted molar refractivity (Wildman–Crippen MR) is 38.4 cm³/mol. The average molecular weight is 134 g/mol. The van der Waals surface area contributed by atoms with Gasteiger partial charge in [-0.2, -0.15) is 0 Å². The third kappa shape index (κ3) is 5.99. The van der Waals surface area contributed by atoms with Crippen LogP contribution in [0.4, 0.5) is 0 Å². The molecule has 1 nitrogen and oxygen atoms in total. The van der Waals surface area contributed by atoms with Gasteiger partial charge in [-0.3, -0.25) is 0 Å².